The number of amides is 1. The Morgan fingerprint density at radius 1 is 1.22 bits per heavy atom. The molecule has 1 saturated heterocycles. The summed E-state index contributed by atoms with van der Waals surface area (Å²) in [6, 6.07) is 13.9. The highest BCUT2D eigenvalue weighted by atomic mass is 16.2. The molecule has 3 aromatic rings. The van der Waals surface area contributed by atoms with Crippen LogP contribution in [0.1, 0.15) is 22.5 Å². The molecule has 4 rings (SSSR count). The maximum atomic E-state index is 12.6. The minimum atomic E-state index is -0.0949. The van der Waals surface area contributed by atoms with Crippen LogP contribution in [0.25, 0.3) is 11.3 Å². The molecular formula is C20H22N6O. The van der Waals surface area contributed by atoms with Crippen LogP contribution in [0.3, 0.4) is 0 Å². The standard InChI is InChI=1S/C20H22N6O/c1-25(17-9-10-21-12-17)20(27)19-8-7-18(23-24-19)16-11-22-26(14-16)13-15-5-3-2-4-6-15/h2-8,11,14,17,21H,9-10,12-13H2,1H3. The Morgan fingerprint density at radius 2 is 2.07 bits per heavy atom. The highest BCUT2D eigenvalue weighted by Crippen LogP contribution is 2.17. The van der Waals surface area contributed by atoms with E-state index in [9.17, 15) is 4.79 Å². The first-order valence-electron chi connectivity index (χ1n) is 9.09. The van der Waals surface area contributed by atoms with Gasteiger partial charge in [-0.3, -0.25) is 9.48 Å². The molecule has 138 valence electrons. The Labute approximate surface area is 158 Å². The van der Waals surface area contributed by atoms with Crippen LogP contribution in [0.5, 0.6) is 0 Å². The predicted octanol–water partition coefficient (Wildman–Crippen LogP) is 1.82. The van der Waals surface area contributed by atoms with E-state index >= 15 is 0 Å². The van der Waals surface area contributed by atoms with Crippen LogP contribution in [0.15, 0.2) is 54.9 Å². The van der Waals surface area contributed by atoms with E-state index in [1.54, 1.807) is 17.2 Å². The summed E-state index contributed by atoms with van der Waals surface area (Å²) in [5, 5.41) is 16.0. The first-order chi connectivity index (χ1) is 13.2. The zero-order chi connectivity index (χ0) is 18.6. The molecule has 1 aliphatic heterocycles. The van der Waals surface area contributed by atoms with Crippen LogP contribution in [0, 0.1) is 0 Å². The maximum absolute atomic E-state index is 12.6. The van der Waals surface area contributed by atoms with E-state index in [4.69, 9.17) is 0 Å². The molecule has 1 aromatic carbocycles. The van der Waals surface area contributed by atoms with E-state index in [1.807, 2.05) is 42.2 Å². The van der Waals surface area contributed by atoms with Crippen molar-refractivity contribution in [2.45, 2.75) is 19.0 Å². The molecule has 7 heteroatoms. The molecule has 0 radical (unpaired) electrons. The Kier molecular flexibility index (Phi) is 4.93. The van der Waals surface area contributed by atoms with Crippen molar-refractivity contribution in [3.8, 4) is 11.3 Å². The number of nitrogens with one attached hydrogen (secondary N) is 1. The molecule has 1 aliphatic rings. The van der Waals surface area contributed by atoms with Gasteiger partial charge in [-0.15, -0.1) is 10.2 Å². The molecule has 0 spiro atoms. The number of hydrogen-bond acceptors (Lipinski definition) is 5. The SMILES string of the molecule is CN(C(=O)c1ccc(-c2cnn(Cc3ccccc3)c2)nn1)C1CCNC1. The largest absolute Gasteiger partial charge is 0.336 e. The molecule has 1 atom stereocenters. The predicted molar refractivity (Wildman–Crippen MR) is 102 cm³/mol. The van der Waals surface area contributed by atoms with Crippen LogP contribution < -0.4 is 5.32 Å². The Balaban J connectivity index is 1.45. The summed E-state index contributed by atoms with van der Waals surface area (Å²) in [5.41, 5.74) is 3.13. The molecule has 3 heterocycles. The van der Waals surface area contributed by atoms with Crippen LogP contribution in [0.4, 0.5) is 0 Å². The van der Waals surface area contributed by atoms with Crippen LogP contribution in [0.2, 0.25) is 0 Å². The Morgan fingerprint density at radius 3 is 2.78 bits per heavy atom. The van der Waals surface area contributed by atoms with Crippen molar-refractivity contribution >= 4 is 5.91 Å². The quantitative estimate of drug-likeness (QED) is 0.749. The summed E-state index contributed by atoms with van der Waals surface area (Å²) in [5.74, 6) is -0.0949. The first-order valence-corrected chi connectivity index (χ1v) is 9.09. The third kappa shape index (κ3) is 3.88. The van der Waals surface area contributed by atoms with Crippen molar-refractivity contribution in [1.82, 2.24) is 30.2 Å². The second kappa shape index (κ2) is 7.67. The van der Waals surface area contributed by atoms with Gasteiger partial charge in [0.15, 0.2) is 5.69 Å². The van der Waals surface area contributed by atoms with Gasteiger partial charge in [0, 0.05) is 31.4 Å². The average molecular weight is 362 g/mol. The van der Waals surface area contributed by atoms with Gasteiger partial charge in [0.1, 0.15) is 0 Å². The number of carbonyl (C=O) groups excluding carboxylic acids is 1. The van der Waals surface area contributed by atoms with E-state index in [1.165, 1.54) is 5.56 Å². The summed E-state index contributed by atoms with van der Waals surface area (Å²) >= 11 is 0. The number of aromatic nitrogens is 4. The number of hydrogen-bond donors (Lipinski definition) is 1. The van der Waals surface area contributed by atoms with Crippen LogP contribution in [-0.2, 0) is 6.54 Å². The molecule has 1 amide bonds. The van der Waals surface area contributed by atoms with E-state index in [2.05, 4.69) is 32.7 Å². The zero-order valence-electron chi connectivity index (χ0n) is 15.2. The lowest BCUT2D eigenvalue weighted by atomic mass is 10.2. The highest BCUT2D eigenvalue weighted by molar-refractivity contribution is 5.92. The third-order valence-corrected chi connectivity index (χ3v) is 4.90. The molecule has 1 N–H and O–H groups in total. The van der Waals surface area contributed by atoms with Crippen molar-refractivity contribution in [1.29, 1.82) is 0 Å². The molecule has 0 aliphatic carbocycles. The molecule has 2 aromatic heterocycles. The molecule has 0 bridgehead atoms. The van der Waals surface area contributed by atoms with Crippen molar-refractivity contribution in [3.63, 3.8) is 0 Å². The third-order valence-electron chi connectivity index (χ3n) is 4.90. The normalized spacial score (nSPS) is 16.4. The molecule has 7 nitrogen and oxygen atoms in total. The molecule has 27 heavy (non-hydrogen) atoms. The summed E-state index contributed by atoms with van der Waals surface area (Å²) in [4.78, 5) is 14.3. The van der Waals surface area contributed by atoms with E-state index in [0.717, 1.165) is 25.1 Å². The molecule has 0 saturated carbocycles. The number of nitrogens with zero attached hydrogens (tertiary/aromatic N) is 5. The van der Waals surface area contributed by atoms with Gasteiger partial charge in [0.05, 0.1) is 18.4 Å². The zero-order valence-corrected chi connectivity index (χ0v) is 15.2. The smallest absolute Gasteiger partial charge is 0.274 e. The monoisotopic (exact) mass is 362 g/mol. The molecule has 1 fully saturated rings. The van der Waals surface area contributed by atoms with Crippen molar-refractivity contribution in [2.75, 3.05) is 20.1 Å². The number of rotatable bonds is 5. The summed E-state index contributed by atoms with van der Waals surface area (Å²) < 4.78 is 1.87. The van der Waals surface area contributed by atoms with E-state index in [0.29, 0.717) is 17.9 Å². The van der Waals surface area contributed by atoms with Crippen molar-refractivity contribution in [3.05, 3.63) is 66.1 Å². The topological polar surface area (TPSA) is 75.9 Å². The number of likely N-dealkylation sites (N-methyl/N-ethyl adjacent to an activating group) is 1. The van der Waals surface area contributed by atoms with Gasteiger partial charge in [-0.05, 0) is 30.7 Å². The van der Waals surface area contributed by atoms with Gasteiger partial charge in [0.25, 0.3) is 5.91 Å². The second-order valence-electron chi connectivity index (χ2n) is 6.78. The average Bonchev–Trinajstić information content (AvgIpc) is 3.40. The van der Waals surface area contributed by atoms with Crippen molar-refractivity contribution < 1.29 is 4.79 Å². The molecule has 1 unspecified atom stereocenters. The minimum Gasteiger partial charge on any atom is -0.336 e. The summed E-state index contributed by atoms with van der Waals surface area (Å²) in [6.07, 6.45) is 4.67. The van der Waals surface area contributed by atoms with Crippen LogP contribution >= 0.6 is 0 Å². The van der Waals surface area contributed by atoms with Gasteiger partial charge in [-0.2, -0.15) is 5.10 Å². The summed E-state index contributed by atoms with van der Waals surface area (Å²) in [7, 11) is 1.82. The minimum absolute atomic E-state index is 0.0949. The van der Waals surface area contributed by atoms with Crippen molar-refractivity contribution in [2.24, 2.45) is 0 Å². The van der Waals surface area contributed by atoms with E-state index in [-0.39, 0.29) is 11.9 Å². The fourth-order valence-electron chi connectivity index (χ4n) is 3.27. The highest BCUT2D eigenvalue weighted by Gasteiger charge is 2.25. The fraction of sp³-hybridized carbons (Fsp3) is 0.300. The fourth-order valence-corrected chi connectivity index (χ4v) is 3.27. The van der Waals surface area contributed by atoms with Gasteiger partial charge in [0.2, 0.25) is 0 Å². The molecular weight excluding hydrogens is 340 g/mol. The van der Waals surface area contributed by atoms with E-state index < -0.39 is 0 Å². The van der Waals surface area contributed by atoms with Gasteiger partial charge in [-0.25, -0.2) is 0 Å². The van der Waals surface area contributed by atoms with Crippen LogP contribution in [-0.4, -0.2) is 57.0 Å². The lowest BCUT2D eigenvalue weighted by Crippen LogP contribution is -2.38. The van der Waals surface area contributed by atoms with Gasteiger partial charge < -0.3 is 10.2 Å². The Bertz CT molecular complexity index is 900. The first kappa shape index (κ1) is 17.4. The number of benzene rings is 1. The summed E-state index contributed by atoms with van der Waals surface area (Å²) in [6.45, 7) is 2.47. The lowest BCUT2D eigenvalue weighted by Gasteiger charge is -2.23. The maximum Gasteiger partial charge on any atom is 0.274 e. The second-order valence-corrected chi connectivity index (χ2v) is 6.78. The van der Waals surface area contributed by atoms with Gasteiger partial charge >= 0.3 is 0 Å². The lowest BCUT2D eigenvalue weighted by molar-refractivity contribution is 0.0736. The number of carbonyl (C=O) groups is 1. The van der Waals surface area contributed by atoms with Gasteiger partial charge in [-0.1, -0.05) is 30.3 Å². The Hall–Kier alpha value is -3.06.